The van der Waals surface area contributed by atoms with Gasteiger partial charge in [-0.1, -0.05) is 17.7 Å². The topological polar surface area (TPSA) is 59.3 Å². The van der Waals surface area contributed by atoms with Crippen molar-refractivity contribution in [1.29, 1.82) is 0 Å². The Kier molecular flexibility index (Phi) is 3.51. The summed E-state index contributed by atoms with van der Waals surface area (Å²) in [6, 6.07) is 6.69. The molecule has 1 aromatic carbocycles. The highest BCUT2D eigenvalue weighted by atomic mass is 16.4. The zero-order chi connectivity index (χ0) is 14.0. The second kappa shape index (κ2) is 5.10. The lowest BCUT2D eigenvalue weighted by atomic mass is 10.0. The van der Waals surface area contributed by atoms with E-state index in [1.807, 2.05) is 32.9 Å². The third-order valence-corrected chi connectivity index (χ3v) is 2.88. The lowest BCUT2D eigenvalue weighted by Gasteiger charge is -2.12. The monoisotopic (exact) mass is 257 g/mol. The Hall–Kier alpha value is -2.36. The standard InChI is InChI=1S/C15H15NO3/c1-9-6-10(2)14(11(3)7-9)16-15(18)12-4-5-13(17)19-8-12/h4-8H,1-3H3,(H,16,18). The summed E-state index contributed by atoms with van der Waals surface area (Å²) in [5, 5.41) is 2.84. The van der Waals surface area contributed by atoms with E-state index in [0.717, 1.165) is 28.6 Å². The van der Waals surface area contributed by atoms with Crippen molar-refractivity contribution >= 4 is 11.6 Å². The van der Waals surface area contributed by atoms with Gasteiger partial charge >= 0.3 is 5.63 Å². The fourth-order valence-electron chi connectivity index (χ4n) is 2.05. The summed E-state index contributed by atoms with van der Waals surface area (Å²) in [4.78, 5) is 22.9. The van der Waals surface area contributed by atoms with E-state index in [4.69, 9.17) is 0 Å². The van der Waals surface area contributed by atoms with E-state index in [1.54, 1.807) is 0 Å². The number of carbonyl (C=O) groups excluding carboxylic acids is 1. The molecule has 0 radical (unpaired) electrons. The fourth-order valence-corrected chi connectivity index (χ4v) is 2.05. The lowest BCUT2D eigenvalue weighted by Crippen LogP contribution is -2.14. The number of benzene rings is 1. The summed E-state index contributed by atoms with van der Waals surface area (Å²) in [5.41, 5.74) is 3.80. The minimum absolute atomic E-state index is 0.293. The van der Waals surface area contributed by atoms with Gasteiger partial charge in [-0.3, -0.25) is 4.79 Å². The van der Waals surface area contributed by atoms with Crippen LogP contribution in [-0.4, -0.2) is 5.91 Å². The Morgan fingerprint density at radius 2 is 1.74 bits per heavy atom. The minimum atomic E-state index is -0.473. The van der Waals surface area contributed by atoms with Crippen LogP contribution in [0.1, 0.15) is 27.0 Å². The average Bonchev–Trinajstić information content (AvgIpc) is 2.34. The maximum Gasteiger partial charge on any atom is 0.335 e. The van der Waals surface area contributed by atoms with Crippen LogP contribution in [0, 0.1) is 20.8 Å². The van der Waals surface area contributed by atoms with Gasteiger partial charge in [-0.2, -0.15) is 0 Å². The molecule has 0 bridgehead atoms. The lowest BCUT2D eigenvalue weighted by molar-refractivity contribution is 0.102. The van der Waals surface area contributed by atoms with Crippen LogP contribution >= 0.6 is 0 Å². The van der Waals surface area contributed by atoms with Crippen LogP contribution in [0.3, 0.4) is 0 Å². The van der Waals surface area contributed by atoms with E-state index in [-0.39, 0.29) is 5.91 Å². The Morgan fingerprint density at radius 3 is 2.26 bits per heavy atom. The van der Waals surface area contributed by atoms with Gasteiger partial charge in [0.1, 0.15) is 6.26 Å². The quantitative estimate of drug-likeness (QED) is 0.899. The highest BCUT2D eigenvalue weighted by Crippen LogP contribution is 2.22. The zero-order valence-electron chi connectivity index (χ0n) is 11.1. The predicted octanol–water partition coefficient (Wildman–Crippen LogP) is 2.82. The van der Waals surface area contributed by atoms with Crippen molar-refractivity contribution in [2.45, 2.75) is 20.8 Å². The molecule has 2 rings (SSSR count). The summed E-state index contributed by atoms with van der Waals surface area (Å²) >= 11 is 0. The molecule has 1 aromatic heterocycles. The van der Waals surface area contributed by atoms with Crippen LogP contribution in [0.15, 0.2) is 39.7 Å². The SMILES string of the molecule is Cc1cc(C)c(NC(=O)c2ccc(=O)oc2)c(C)c1. The highest BCUT2D eigenvalue weighted by Gasteiger charge is 2.10. The van der Waals surface area contributed by atoms with Crippen molar-refractivity contribution in [3.05, 3.63) is 63.2 Å². The largest absolute Gasteiger partial charge is 0.430 e. The number of amides is 1. The summed E-state index contributed by atoms with van der Waals surface area (Å²) < 4.78 is 4.68. The van der Waals surface area contributed by atoms with Gasteiger partial charge < -0.3 is 9.73 Å². The molecule has 19 heavy (non-hydrogen) atoms. The van der Waals surface area contributed by atoms with Crippen molar-refractivity contribution < 1.29 is 9.21 Å². The zero-order valence-corrected chi connectivity index (χ0v) is 11.1. The van der Waals surface area contributed by atoms with Crippen molar-refractivity contribution in [2.75, 3.05) is 5.32 Å². The first kappa shape index (κ1) is 13.1. The number of rotatable bonds is 2. The molecule has 0 fully saturated rings. The molecule has 0 saturated carbocycles. The van der Waals surface area contributed by atoms with Crippen LogP contribution in [0.4, 0.5) is 5.69 Å². The molecule has 2 aromatic rings. The predicted molar refractivity (Wildman–Crippen MR) is 73.6 cm³/mol. The third-order valence-electron chi connectivity index (χ3n) is 2.88. The number of anilines is 1. The molecule has 4 nitrogen and oxygen atoms in total. The smallest absolute Gasteiger partial charge is 0.335 e. The van der Waals surface area contributed by atoms with E-state index in [1.165, 1.54) is 12.1 Å². The van der Waals surface area contributed by atoms with Crippen molar-refractivity contribution in [3.63, 3.8) is 0 Å². The second-order valence-corrected chi connectivity index (χ2v) is 4.57. The van der Waals surface area contributed by atoms with Crippen LogP contribution in [-0.2, 0) is 0 Å². The summed E-state index contributed by atoms with van der Waals surface area (Å²) in [6.45, 7) is 5.90. The molecule has 1 heterocycles. The van der Waals surface area contributed by atoms with E-state index in [9.17, 15) is 9.59 Å². The van der Waals surface area contributed by atoms with E-state index < -0.39 is 5.63 Å². The van der Waals surface area contributed by atoms with E-state index in [2.05, 4.69) is 9.73 Å². The van der Waals surface area contributed by atoms with Crippen LogP contribution in [0.25, 0.3) is 0 Å². The molecule has 0 aliphatic rings. The van der Waals surface area contributed by atoms with Gasteiger partial charge in [-0.05, 0) is 38.0 Å². The average molecular weight is 257 g/mol. The first-order chi connectivity index (χ1) is 8.97. The molecular weight excluding hydrogens is 242 g/mol. The molecule has 98 valence electrons. The Balaban J connectivity index is 2.29. The maximum absolute atomic E-state index is 12.0. The third kappa shape index (κ3) is 2.91. The van der Waals surface area contributed by atoms with Crippen molar-refractivity contribution in [3.8, 4) is 0 Å². The van der Waals surface area contributed by atoms with Crippen molar-refractivity contribution in [2.24, 2.45) is 0 Å². The van der Waals surface area contributed by atoms with Gasteiger partial charge in [0.05, 0.1) is 5.56 Å². The number of nitrogens with one attached hydrogen (secondary N) is 1. The Bertz CT molecular complexity index is 643. The molecule has 0 atom stereocenters. The van der Waals surface area contributed by atoms with Crippen LogP contribution in [0.2, 0.25) is 0 Å². The molecule has 0 saturated heterocycles. The fraction of sp³-hybridized carbons (Fsp3) is 0.200. The van der Waals surface area contributed by atoms with E-state index >= 15 is 0 Å². The summed E-state index contributed by atoms with van der Waals surface area (Å²) in [7, 11) is 0. The van der Waals surface area contributed by atoms with Gasteiger partial charge in [-0.15, -0.1) is 0 Å². The molecule has 0 aliphatic carbocycles. The molecule has 4 heteroatoms. The first-order valence-corrected chi connectivity index (χ1v) is 5.95. The van der Waals surface area contributed by atoms with Gasteiger partial charge in [0.25, 0.3) is 5.91 Å². The Labute approximate surface area is 111 Å². The van der Waals surface area contributed by atoms with Gasteiger partial charge in [-0.25, -0.2) is 4.79 Å². The van der Waals surface area contributed by atoms with Crippen LogP contribution in [0.5, 0.6) is 0 Å². The second-order valence-electron chi connectivity index (χ2n) is 4.57. The van der Waals surface area contributed by atoms with E-state index in [0.29, 0.717) is 5.56 Å². The normalized spacial score (nSPS) is 10.3. The Morgan fingerprint density at radius 1 is 1.11 bits per heavy atom. The first-order valence-electron chi connectivity index (χ1n) is 5.95. The number of hydrogen-bond acceptors (Lipinski definition) is 3. The number of carbonyl (C=O) groups is 1. The number of hydrogen-bond donors (Lipinski definition) is 1. The molecular formula is C15H15NO3. The maximum atomic E-state index is 12.0. The summed E-state index contributed by atoms with van der Waals surface area (Å²) in [5.74, 6) is -0.293. The molecule has 0 spiro atoms. The molecule has 0 unspecified atom stereocenters. The van der Waals surface area contributed by atoms with Crippen molar-refractivity contribution in [1.82, 2.24) is 0 Å². The number of aryl methyl sites for hydroxylation is 3. The molecule has 1 N–H and O–H groups in total. The van der Waals surface area contributed by atoms with Crippen LogP contribution < -0.4 is 10.9 Å². The minimum Gasteiger partial charge on any atom is -0.430 e. The van der Waals surface area contributed by atoms with Gasteiger partial charge in [0, 0.05) is 11.8 Å². The van der Waals surface area contributed by atoms with Gasteiger partial charge in [0.2, 0.25) is 0 Å². The highest BCUT2D eigenvalue weighted by molar-refractivity contribution is 6.04. The molecule has 1 amide bonds. The molecule has 0 aliphatic heterocycles. The van der Waals surface area contributed by atoms with Gasteiger partial charge in [0.15, 0.2) is 0 Å². The summed E-state index contributed by atoms with van der Waals surface area (Å²) in [6.07, 6.45) is 1.16.